The lowest BCUT2D eigenvalue weighted by Crippen LogP contribution is -2.43. The Balaban J connectivity index is 2.10. The maximum absolute atomic E-state index is 6.09. The maximum Gasteiger partial charge on any atom is 0.0694 e. The van der Waals surface area contributed by atoms with Gasteiger partial charge in [-0.05, 0) is 57.5 Å². The van der Waals surface area contributed by atoms with E-state index in [1.54, 1.807) is 0 Å². The summed E-state index contributed by atoms with van der Waals surface area (Å²) in [5.41, 5.74) is 0.213. The van der Waals surface area contributed by atoms with Gasteiger partial charge in [-0.1, -0.05) is 19.9 Å². The molecule has 100 valence electrons. The fourth-order valence-electron chi connectivity index (χ4n) is 2.26. The van der Waals surface area contributed by atoms with Crippen molar-refractivity contribution in [1.29, 1.82) is 0 Å². The van der Waals surface area contributed by atoms with E-state index in [4.69, 9.17) is 4.74 Å². The largest absolute Gasteiger partial charge is 0.375 e. The Bertz CT molecular complexity index is 209. The average Bonchev–Trinajstić information content (AvgIpc) is 2.24. The molecule has 0 aromatic rings. The van der Waals surface area contributed by atoms with Crippen molar-refractivity contribution in [3.05, 3.63) is 12.7 Å². The van der Waals surface area contributed by atoms with E-state index < -0.39 is 0 Å². The molecule has 1 fully saturated rings. The lowest BCUT2D eigenvalue weighted by Gasteiger charge is -2.42. The Labute approximate surface area is 107 Å². The van der Waals surface area contributed by atoms with Crippen LogP contribution in [-0.4, -0.2) is 25.3 Å². The summed E-state index contributed by atoms with van der Waals surface area (Å²) in [4.78, 5) is 0. The molecule has 17 heavy (non-hydrogen) atoms. The second-order valence-corrected chi connectivity index (χ2v) is 5.66. The molecule has 1 aliphatic rings. The predicted molar refractivity (Wildman–Crippen MR) is 74.3 cm³/mol. The van der Waals surface area contributed by atoms with Gasteiger partial charge >= 0.3 is 0 Å². The number of ether oxygens (including phenoxy) is 1. The van der Waals surface area contributed by atoms with Gasteiger partial charge in [0.2, 0.25) is 0 Å². The summed E-state index contributed by atoms with van der Waals surface area (Å²) in [5, 5.41) is 3.51. The van der Waals surface area contributed by atoms with E-state index in [1.165, 1.54) is 25.7 Å². The second-order valence-electron chi connectivity index (χ2n) is 5.66. The predicted octanol–water partition coefficient (Wildman–Crippen LogP) is 3.53. The summed E-state index contributed by atoms with van der Waals surface area (Å²) >= 11 is 0. The molecule has 1 N–H and O–H groups in total. The Morgan fingerprint density at radius 2 is 2.18 bits per heavy atom. The molecule has 0 saturated heterocycles. The first-order valence-electron chi connectivity index (χ1n) is 7.14. The van der Waals surface area contributed by atoms with Crippen LogP contribution in [0.25, 0.3) is 0 Å². The average molecular weight is 239 g/mol. The summed E-state index contributed by atoms with van der Waals surface area (Å²) in [5.74, 6) is 0.737. The molecule has 0 radical (unpaired) electrons. The van der Waals surface area contributed by atoms with Crippen molar-refractivity contribution in [3.63, 3.8) is 0 Å². The molecule has 1 aliphatic carbocycles. The van der Waals surface area contributed by atoms with E-state index in [0.717, 1.165) is 38.5 Å². The normalized spacial score (nSPS) is 18.1. The van der Waals surface area contributed by atoms with Crippen LogP contribution in [0.5, 0.6) is 0 Å². The smallest absolute Gasteiger partial charge is 0.0694 e. The van der Waals surface area contributed by atoms with Gasteiger partial charge in [0.1, 0.15) is 0 Å². The number of hydrogen-bond donors (Lipinski definition) is 1. The van der Waals surface area contributed by atoms with Crippen molar-refractivity contribution >= 4 is 0 Å². The van der Waals surface area contributed by atoms with Crippen molar-refractivity contribution in [1.82, 2.24) is 5.32 Å². The highest BCUT2D eigenvalue weighted by molar-refractivity contribution is 4.90. The van der Waals surface area contributed by atoms with Gasteiger partial charge in [0.15, 0.2) is 0 Å². The standard InChI is InChI=1S/C15H29NO/c1-4-5-6-12-17-15(8-7-9-15)10-11-16-13-14(2)3/h4,14,16H,1,5-13H2,2-3H3. The fourth-order valence-corrected chi connectivity index (χ4v) is 2.26. The van der Waals surface area contributed by atoms with Crippen LogP contribution in [0.2, 0.25) is 0 Å². The first-order chi connectivity index (χ1) is 8.18. The zero-order valence-corrected chi connectivity index (χ0v) is 11.6. The topological polar surface area (TPSA) is 21.3 Å². The first kappa shape index (κ1) is 14.7. The van der Waals surface area contributed by atoms with Crippen LogP contribution >= 0.6 is 0 Å². The highest BCUT2D eigenvalue weighted by atomic mass is 16.5. The zero-order chi connectivity index (χ0) is 12.6. The van der Waals surface area contributed by atoms with Gasteiger partial charge in [-0.2, -0.15) is 0 Å². The monoisotopic (exact) mass is 239 g/mol. The van der Waals surface area contributed by atoms with E-state index >= 15 is 0 Å². The summed E-state index contributed by atoms with van der Waals surface area (Å²) in [6.07, 6.45) is 9.18. The molecular formula is C15H29NO. The van der Waals surface area contributed by atoms with Gasteiger partial charge in [0, 0.05) is 6.61 Å². The molecule has 0 unspecified atom stereocenters. The Hall–Kier alpha value is -0.340. The van der Waals surface area contributed by atoms with E-state index in [0.29, 0.717) is 0 Å². The minimum atomic E-state index is 0.213. The molecule has 0 aromatic heterocycles. The quantitative estimate of drug-likeness (QED) is 0.465. The SMILES string of the molecule is C=CCCCOC1(CCNCC(C)C)CCC1. The van der Waals surface area contributed by atoms with Crippen LogP contribution in [0.15, 0.2) is 12.7 Å². The Morgan fingerprint density at radius 3 is 2.71 bits per heavy atom. The lowest BCUT2D eigenvalue weighted by molar-refractivity contribution is -0.105. The van der Waals surface area contributed by atoms with Crippen molar-refractivity contribution < 1.29 is 4.74 Å². The number of hydrogen-bond acceptors (Lipinski definition) is 2. The van der Waals surface area contributed by atoms with Gasteiger partial charge in [0.25, 0.3) is 0 Å². The van der Waals surface area contributed by atoms with Gasteiger partial charge in [-0.15, -0.1) is 6.58 Å². The third-order valence-corrected chi connectivity index (χ3v) is 3.54. The molecule has 0 atom stereocenters. The van der Waals surface area contributed by atoms with Crippen LogP contribution in [0.4, 0.5) is 0 Å². The second kappa shape index (κ2) is 7.88. The lowest BCUT2D eigenvalue weighted by atomic mass is 9.77. The summed E-state index contributed by atoms with van der Waals surface area (Å²) in [7, 11) is 0. The molecule has 0 amide bonds. The molecular weight excluding hydrogens is 210 g/mol. The molecule has 2 heteroatoms. The number of allylic oxidation sites excluding steroid dienone is 1. The van der Waals surface area contributed by atoms with Crippen LogP contribution in [0.1, 0.15) is 52.4 Å². The van der Waals surface area contributed by atoms with Gasteiger partial charge in [-0.3, -0.25) is 0 Å². The number of rotatable bonds is 10. The van der Waals surface area contributed by atoms with Crippen LogP contribution in [0, 0.1) is 5.92 Å². The summed E-state index contributed by atoms with van der Waals surface area (Å²) in [6.45, 7) is 11.3. The molecule has 0 bridgehead atoms. The van der Waals surface area contributed by atoms with Crippen LogP contribution in [0.3, 0.4) is 0 Å². The van der Waals surface area contributed by atoms with Gasteiger partial charge < -0.3 is 10.1 Å². The molecule has 1 saturated carbocycles. The fraction of sp³-hybridized carbons (Fsp3) is 0.867. The van der Waals surface area contributed by atoms with Gasteiger partial charge in [-0.25, -0.2) is 0 Å². The molecule has 1 rings (SSSR count). The highest BCUT2D eigenvalue weighted by Gasteiger charge is 2.37. The van der Waals surface area contributed by atoms with E-state index in [-0.39, 0.29) is 5.60 Å². The Morgan fingerprint density at radius 1 is 1.41 bits per heavy atom. The molecule has 0 spiro atoms. The molecule has 0 aliphatic heterocycles. The van der Waals surface area contributed by atoms with Crippen molar-refractivity contribution in [3.8, 4) is 0 Å². The van der Waals surface area contributed by atoms with Crippen molar-refractivity contribution in [2.75, 3.05) is 19.7 Å². The first-order valence-corrected chi connectivity index (χ1v) is 7.14. The minimum absolute atomic E-state index is 0.213. The zero-order valence-electron chi connectivity index (χ0n) is 11.6. The maximum atomic E-state index is 6.09. The Kier molecular flexibility index (Phi) is 6.83. The third kappa shape index (κ3) is 5.69. The van der Waals surface area contributed by atoms with E-state index in [1.807, 2.05) is 6.08 Å². The highest BCUT2D eigenvalue weighted by Crippen LogP contribution is 2.38. The minimum Gasteiger partial charge on any atom is -0.375 e. The number of unbranched alkanes of at least 4 members (excludes halogenated alkanes) is 1. The molecule has 2 nitrogen and oxygen atoms in total. The van der Waals surface area contributed by atoms with Gasteiger partial charge in [0.05, 0.1) is 5.60 Å². The molecule has 0 heterocycles. The van der Waals surface area contributed by atoms with Crippen LogP contribution < -0.4 is 5.32 Å². The van der Waals surface area contributed by atoms with Crippen molar-refractivity contribution in [2.45, 2.75) is 58.0 Å². The van der Waals surface area contributed by atoms with E-state index in [9.17, 15) is 0 Å². The number of nitrogens with one attached hydrogen (secondary N) is 1. The summed E-state index contributed by atoms with van der Waals surface area (Å²) < 4.78 is 6.09. The third-order valence-electron chi connectivity index (χ3n) is 3.54. The van der Waals surface area contributed by atoms with E-state index in [2.05, 4.69) is 25.7 Å². The summed E-state index contributed by atoms with van der Waals surface area (Å²) in [6, 6.07) is 0. The molecule has 0 aromatic carbocycles. The van der Waals surface area contributed by atoms with Crippen LogP contribution in [-0.2, 0) is 4.74 Å². The van der Waals surface area contributed by atoms with Crippen molar-refractivity contribution in [2.24, 2.45) is 5.92 Å².